The number of fused-ring (bicyclic) bond motifs is 1. The molecule has 1 atom stereocenters. The van der Waals surface area contributed by atoms with Crippen molar-refractivity contribution in [2.24, 2.45) is 5.92 Å². The van der Waals surface area contributed by atoms with Crippen molar-refractivity contribution in [1.29, 1.82) is 0 Å². The Morgan fingerprint density at radius 3 is 3.06 bits per heavy atom. The summed E-state index contributed by atoms with van der Waals surface area (Å²) in [6.07, 6.45) is 2.97. The number of aromatic carboxylic acids is 1. The molecule has 1 aliphatic rings. The van der Waals surface area contributed by atoms with Gasteiger partial charge in [-0.2, -0.15) is 5.10 Å². The molecule has 92 valence electrons. The van der Waals surface area contributed by atoms with Crippen molar-refractivity contribution in [2.45, 2.75) is 26.3 Å². The van der Waals surface area contributed by atoms with Crippen LogP contribution in [-0.4, -0.2) is 33.3 Å². The number of aromatic nitrogens is 2. The lowest BCUT2D eigenvalue weighted by Gasteiger charge is -2.23. The fraction of sp³-hybridized carbons (Fsp3) is 0.545. The van der Waals surface area contributed by atoms with Crippen LogP contribution in [0.2, 0.25) is 0 Å². The fourth-order valence-corrected chi connectivity index (χ4v) is 2.14. The second-order valence-corrected chi connectivity index (χ2v) is 4.33. The molecule has 6 nitrogen and oxygen atoms in total. The van der Waals surface area contributed by atoms with Gasteiger partial charge in [0, 0.05) is 20.0 Å². The van der Waals surface area contributed by atoms with Crippen LogP contribution in [0, 0.1) is 5.92 Å². The van der Waals surface area contributed by atoms with Crippen molar-refractivity contribution in [1.82, 2.24) is 15.1 Å². The zero-order valence-electron chi connectivity index (χ0n) is 9.64. The summed E-state index contributed by atoms with van der Waals surface area (Å²) in [7, 11) is 0. The summed E-state index contributed by atoms with van der Waals surface area (Å²) in [4.78, 5) is 21.8. The average Bonchev–Trinajstić information content (AvgIpc) is 2.69. The number of hydrogen-bond acceptors (Lipinski definition) is 3. The molecule has 1 aromatic rings. The number of hydrogen-bond donors (Lipinski definition) is 2. The van der Waals surface area contributed by atoms with Gasteiger partial charge in [0.05, 0.1) is 11.9 Å². The first kappa shape index (κ1) is 11.6. The fourth-order valence-electron chi connectivity index (χ4n) is 2.14. The summed E-state index contributed by atoms with van der Waals surface area (Å²) < 4.78 is 1.74. The lowest BCUT2D eigenvalue weighted by molar-refractivity contribution is -0.119. The minimum absolute atomic E-state index is 0.0532. The van der Waals surface area contributed by atoms with Crippen LogP contribution >= 0.6 is 0 Å². The molecule has 6 heteroatoms. The van der Waals surface area contributed by atoms with Crippen LogP contribution in [-0.2, 0) is 17.8 Å². The number of rotatable bonds is 3. The van der Waals surface area contributed by atoms with E-state index in [2.05, 4.69) is 10.4 Å². The second-order valence-electron chi connectivity index (χ2n) is 4.33. The smallest absolute Gasteiger partial charge is 0.339 e. The molecule has 1 aromatic heterocycles. The summed E-state index contributed by atoms with van der Waals surface area (Å²) >= 11 is 0. The van der Waals surface area contributed by atoms with Gasteiger partial charge in [0.25, 0.3) is 0 Å². The maximum absolute atomic E-state index is 11.0. The summed E-state index contributed by atoms with van der Waals surface area (Å²) in [6, 6.07) is 0. The summed E-state index contributed by atoms with van der Waals surface area (Å²) in [5.41, 5.74) is 1.04. The van der Waals surface area contributed by atoms with Gasteiger partial charge in [-0.25, -0.2) is 4.79 Å². The third-order valence-electron chi connectivity index (χ3n) is 3.05. The molecular weight excluding hydrogens is 222 g/mol. The molecule has 1 amide bonds. The zero-order chi connectivity index (χ0) is 12.4. The number of nitrogens with zero attached hydrogens (tertiary/aromatic N) is 2. The van der Waals surface area contributed by atoms with E-state index in [1.165, 1.54) is 13.1 Å². The molecule has 17 heavy (non-hydrogen) atoms. The number of nitrogens with one attached hydrogen (secondary N) is 1. The zero-order valence-corrected chi connectivity index (χ0v) is 9.64. The lowest BCUT2D eigenvalue weighted by atomic mass is 9.94. The molecule has 0 aromatic carbocycles. The number of aryl methyl sites for hydroxylation is 1. The largest absolute Gasteiger partial charge is 0.478 e. The Kier molecular flexibility index (Phi) is 3.12. The molecule has 0 aliphatic carbocycles. The highest BCUT2D eigenvalue weighted by Crippen LogP contribution is 2.22. The van der Waals surface area contributed by atoms with Crippen molar-refractivity contribution in [3.05, 3.63) is 17.5 Å². The van der Waals surface area contributed by atoms with E-state index in [0.717, 1.165) is 12.1 Å². The van der Waals surface area contributed by atoms with Crippen LogP contribution in [0.4, 0.5) is 0 Å². The number of amides is 1. The number of carbonyl (C=O) groups is 2. The molecule has 0 spiro atoms. The highest BCUT2D eigenvalue weighted by atomic mass is 16.4. The van der Waals surface area contributed by atoms with Crippen molar-refractivity contribution < 1.29 is 14.7 Å². The van der Waals surface area contributed by atoms with E-state index < -0.39 is 5.97 Å². The van der Waals surface area contributed by atoms with Crippen molar-refractivity contribution in [3.63, 3.8) is 0 Å². The first-order valence-electron chi connectivity index (χ1n) is 5.60. The van der Waals surface area contributed by atoms with Gasteiger partial charge in [-0.3, -0.25) is 9.48 Å². The Bertz CT molecular complexity index is 453. The molecule has 0 bridgehead atoms. The summed E-state index contributed by atoms with van der Waals surface area (Å²) in [5, 5.41) is 15.8. The number of carbonyl (C=O) groups excluding carboxylic acids is 1. The van der Waals surface area contributed by atoms with Crippen LogP contribution in [0.5, 0.6) is 0 Å². The van der Waals surface area contributed by atoms with Crippen LogP contribution < -0.4 is 5.32 Å². The maximum Gasteiger partial charge on any atom is 0.339 e. The number of carboxylic acid groups (broad SMARTS) is 1. The van der Waals surface area contributed by atoms with E-state index in [0.29, 0.717) is 25.4 Å². The topological polar surface area (TPSA) is 84.2 Å². The third kappa shape index (κ3) is 2.46. The maximum atomic E-state index is 11.0. The second kappa shape index (κ2) is 4.57. The van der Waals surface area contributed by atoms with Gasteiger partial charge >= 0.3 is 5.97 Å². The van der Waals surface area contributed by atoms with Gasteiger partial charge in [-0.05, 0) is 18.8 Å². The molecule has 2 rings (SSSR count). The van der Waals surface area contributed by atoms with E-state index in [1.54, 1.807) is 4.68 Å². The molecule has 0 unspecified atom stereocenters. The lowest BCUT2D eigenvalue weighted by Crippen LogP contribution is -2.32. The van der Waals surface area contributed by atoms with Crippen molar-refractivity contribution in [2.75, 3.05) is 6.54 Å². The first-order chi connectivity index (χ1) is 8.08. The molecule has 1 aliphatic heterocycles. The Morgan fingerprint density at radius 1 is 1.65 bits per heavy atom. The SMILES string of the molecule is CC(=O)NC[C@@H]1CCn2ncc(C(=O)O)c2C1. The molecular formula is C11H15N3O3. The van der Waals surface area contributed by atoms with Crippen LogP contribution in [0.3, 0.4) is 0 Å². The predicted molar refractivity (Wildman–Crippen MR) is 59.7 cm³/mol. The minimum Gasteiger partial charge on any atom is -0.478 e. The van der Waals surface area contributed by atoms with Gasteiger partial charge in [0.1, 0.15) is 5.56 Å². The van der Waals surface area contributed by atoms with Gasteiger partial charge in [-0.15, -0.1) is 0 Å². The van der Waals surface area contributed by atoms with Gasteiger partial charge in [0.15, 0.2) is 0 Å². The Labute approximate surface area is 98.6 Å². The number of carboxylic acids is 1. The predicted octanol–water partition coefficient (Wildman–Crippen LogP) is 0.280. The molecule has 0 saturated heterocycles. The quantitative estimate of drug-likeness (QED) is 0.790. The van der Waals surface area contributed by atoms with Crippen LogP contribution in [0.1, 0.15) is 29.4 Å². The Morgan fingerprint density at radius 2 is 2.41 bits per heavy atom. The Balaban J connectivity index is 2.08. The molecule has 0 radical (unpaired) electrons. The van der Waals surface area contributed by atoms with Crippen LogP contribution in [0.15, 0.2) is 6.20 Å². The molecule has 2 heterocycles. The van der Waals surface area contributed by atoms with Gasteiger partial charge < -0.3 is 10.4 Å². The van der Waals surface area contributed by atoms with Crippen LogP contribution in [0.25, 0.3) is 0 Å². The van der Waals surface area contributed by atoms with E-state index in [4.69, 9.17) is 5.11 Å². The normalized spacial score (nSPS) is 18.5. The van der Waals surface area contributed by atoms with E-state index in [1.807, 2.05) is 0 Å². The molecule has 0 fully saturated rings. The summed E-state index contributed by atoms with van der Waals surface area (Å²) in [5.74, 6) is -0.699. The highest BCUT2D eigenvalue weighted by Gasteiger charge is 2.24. The van der Waals surface area contributed by atoms with E-state index >= 15 is 0 Å². The van der Waals surface area contributed by atoms with E-state index in [-0.39, 0.29) is 11.5 Å². The standard InChI is InChI=1S/C11H15N3O3/c1-7(15)12-5-8-2-3-14-10(4-8)9(6-13-14)11(16)17/h6,8H,2-5H2,1H3,(H,12,15)(H,16,17)/t8-/m1/s1. The van der Waals surface area contributed by atoms with Gasteiger partial charge in [0.2, 0.25) is 5.91 Å². The first-order valence-corrected chi connectivity index (χ1v) is 5.60. The third-order valence-corrected chi connectivity index (χ3v) is 3.05. The molecule has 2 N–H and O–H groups in total. The van der Waals surface area contributed by atoms with Gasteiger partial charge in [-0.1, -0.05) is 0 Å². The van der Waals surface area contributed by atoms with Crippen molar-refractivity contribution >= 4 is 11.9 Å². The monoisotopic (exact) mass is 237 g/mol. The van der Waals surface area contributed by atoms with E-state index in [9.17, 15) is 9.59 Å². The van der Waals surface area contributed by atoms with Crippen molar-refractivity contribution in [3.8, 4) is 0 Å². The summed E-state index contributed by atoms with van der Waals surface area (Å²) in [6.45, 7) is 2.79. The Hall–Kier alpha value is -1.85. The minimum atomic E-state index is -0.938. The molecule has 0 saturated carbocycles. The average molecular weight is 237 g/mol. The highest BCUT2D eigenvalue weighted by molar-refractivity contribution is 5.88.